The Hall–Kier alpha value is -2.30. The maximum atomic E-state index is 12.3. The first-order valence-corrected chi connectivity index (χ1v) is 6.35. The highest BCUT2D eigenvalue weighted by Gasteiger charge is 2.21. The number of para-hydroxylation sites is 1. The van der Waals surface area contributed by atoms with Crippen LogP contribution in [0.25, 0.3) is 0 Å². The molecule has 0 aliphatic carbocycles. The number of carbonyl (C=O) groups is 1. The fourth-order valence-corrected chi connectivity index (χ4v) is 2.36. The number of benzene rings is 1. The third-order valence-corrected chi connectivity index (χ3v) is 3.49. The van der Waals surface area contributed by atoms with Crippen molar-refractivity contribution in [1.29, 1.82) is 0 Å². The summed E-state index contributed by atoms with van der Waals surface area (Å²) in [7, 11) is 0. The van der Waals surface area contributed by atoms with Gasteiger partial charge in [-0.1, -0.05) is 18.2 Å². The molecule has 2 heterocycles. The third kappa shape index (κ3) is 2.31. The first-order valence-electron chi connectivity index (χ1n) is 6.35. The summed E-state index contributed by atoms with van der Waals surface area (Å²) >= 11 is 0. The number of hydrogen-bond donors (Lipinski definition) is 1. The van der Waals surface area contributed by atoms with Gasteiger partial charge in [-0.2, -0.15) is 0 Å². The molecule has 0 spiro atoms. The van der Waals surface area contributed by atoms with E-state index in [4.69, 9.17) is 5.73 Å². The van der Waals surface area contributed by atoms with E-state index in [9.17, 15) is 4.79 Å². The van der Waals surface area contributed by atoms with E-state index in [1.54, 1.807) is 6.20 Å². The molecule has 3 rings (SSSR count). The number of amides is 1. The molecule has 0 radical (unpaired) electrons. The highest BCUT2D eigenvalue weighted by Crippen LogP contribution is 2.15. The Balaban J connectivity index is 1.71. The largest absolute Gasteiger partial charge is 0.398 e. The molecule has 2 aromatic rings. The molecule has 0 fully saturated rings. The Morgan fingerprint density at radius 3 is 3.00 bits per heavy atom. The van der Waals surface area contributed by atoms with Crippen LogP contribution in [0.1, 0.15) is 11.4 Å². The molecule has 0 atom stereocenters. The number of nitrogens with zero attached hydrogens (tertiary/aromatic N) is 3. The number of hydrogen-bond acceptors (Lipinski definition) is 3. The number of anilines is 1. The summed E-state index contributed by atoms with van der Waals surface area (Å²) in [6.45, 7) is 2.12. The topological polar surface area (TPSA) is 64.2 Å². The van der Waals surface area contributed by atoms with Gasteiger partial charge in [0.25, 0.3) is 0 Å². The Morgan fingerprint density at radius 1 is 1.32 bits per heavy atom. The van der Waals surface area contributed by atoms with Gasteiger partial charge in [0.15, 0.2) is 0 Å². The van der Waals surface area contributed by atoms with Gasteiger partial charge in [-0.3, -0.25) is 4.79 Å². The molecular weight excluding hydrogens is 240 g/mol. The predicted molar refractivity (Wildman–Crippen MR) is 72.2 cm³/mol. The highest BCUT2D eigenvalue weighted by atomic mass is 16.2. The molecule has 0 bridgehead atoms. The molecule has 2 N–H and O–H groups in total. The van der Waals surface area contributed by atoms with Crippen LogP contribution in [0.15, 0.2) is 36.7 Å². The molecule has 5 heteroatoms. The van der Waals surface area contributed by atoms with Gasteiger partial charge in [0.1, 0.15) is 5.82 Å². The first kappa shape index (κ1) is 11.8. The van der Waals surface area contributed by atoms with Gasteiger partial charge in [0.05, 0.1) is 13.0 Å². The van der Waals surface area contributed by atoms with Crippen molar-refractivity contribution < 1.29 is 4.79 Å². The zero-order valence-electron chi connectivity index (χ0n) is 10.6. The first-order chi connectivity index (χ1) is 9.24. The zero-order valence-corrected chi connectivity index (χ0v) is 10.6. The van der Waals surface area contributed by atoms with E-state index in [0.717, 1.165) is 24.5 Å². The maximum Gasteiger partial charge on any atom is 0.227 e. The van der Waals surface area contributed by atoms with E-state index in [-0.39, 0.29) is 5.91 Å². The van der Waals surface area contributed by atoms with Gasteiger partial charge in [-0.15, -0.1) is 0 Å². The van der Waals surface area contributed by atoms with E-state index in [1.807, 2.05) is 35.4 Å². The number of fused-ring (bicyclic) bond motifs is 1. The zero-order chi connectivity index (χ0) is 13.2. The fourth-order valence-electron chi connectivity index (χ4n) is 2.36. The Morgan fingerprint density at radius 2 is 2.16 bits per heavy atom. The number of imidazole rings is 1. The maximum absolute atomic E-state index is 12.3. The Labute approximate surface area is 111 Å². The van der Waals surface area contributed by atoms with Gasteiger partial charge in [0, 0.05) is 31.2 Å². The number of nitrogen functional groups attached to an aromatic ring is 1. The SMILES string of the molecule is Nc1ccccc1CC(=O)N1CCn2ccnc2C1. The lowest BCUT2D eigenvalue weighted by Gasteiger charge is -2.27. The van der Waals surface area contributed by atoms with Crippen LogP contribution in [0.4, 0.5) is 5.69 Å². The monoisotopic (exact) mass is 256 g/mol. The van der Waals surface area contributed by atoms with Crippen molar-refractivity contribution in [2.24, 2.45) is 0 Å². The van der Waals surface area contributed by atoms with E-state index in [1.165, 1.54) is 0 Å². The summed E-state index contributed by atoms with van der Waals surface area (Å²) in [5.74, 6) is 1.05. The standard InChI is InChI=1S/C14H16N4O/c15-12-4-2-1-3-11(12)9-14(19)18-8-7-17-6-5-16-13(17)10-18/h1-6H,7-10,15H2. The summed E-state index contributed by atoms with van der Waals surface area (Å²) in [4.78, 5) is 18.4. The number of carbonyl (C=O) groups excluding carboxylic acids is 1. The molecule has 1 aliphatic heterocycles. The average molecular weight is 256 g/mol. The second kappa shape index (κ2) is 4.76. The normalized spacial score (nSPS) is 14.2. The lowest BCUT2D eigenvalue weighted by molar-refractivity contribution is -0.132. The van der Waals surface area contributed by atoms with Gasteiger partial charge in [0.2, 0.25) is 5.91 Å². The molecule has 1 aromatic heterocycles. The minimum absolute atomic E-state index is 0.104. The second-order valence-corrected chi connectivity index (χ2v) is 4.73. The van der Waals surface area contributed by atoms with Crippen molar-refractivity contribution in [3.63, 3.8) is 0 Å². The van der Waals surface area contributed by atoms with Crippen LogP contribution in [-0.2, 0) is 24.3 Å². The molecule has 0 saturated heterocycles. The van der Waals surface area contributed by atoms with Crippen molar-refractivity contribution in [2.75, 3.05) is 12.3 Å². The predicted octanol–water partition coefficient (Wildman–Crippen LogP) is 1.05. The minimum atomic E-state index is 0.104. The summed E-state index contributed by atoms with van der Waals surface area (Å²) < 4.78 is 2.08. The van der Waals surface area contributed by atoms with Crippen LogP contribution >= 0.6 is 0 Å². The molecule has 0 unspecified atom stereocenters. The van der Waals surface area contributed by atoms with E-state index < -0.39 is 0 Å². The van der Waals surface area contributed by atoms with Crippen LogP contribution in [0, 0.1) is 0 Å². The van der Waals surface area contributed by atoms with E-state index in [2.05, 4.69) is 9.55 Å². The van der Waals surface area contributed by atoms with Gasteiger partial charge in [-0.05, 0) is 11.6 Å². The molecule has 1 aliphatic rings. The third-order valence-electron chi connectivity index (χ3n) is 3.49. The van der Waals surface area contributed by atoms with Crippen molar-refractivity contribution in [3.8, 4) is 0 Å². The summed E-state index contributed by atoms with van der Waals surface area (Å²) in [6, 6.07) is 7.51. The van der Waals surface area contributed by atoms with Crippen LogP contribution in [0.2, 0.25) is 0 Å². The number of aromatic nitrogens is 2. The van der Waals surface area contributed by atoms with Crippen LogP contribution < -0.4 is 5.73 Å². The van der Waals surface area contributed by atoms with Crippen molar-refractivity contribution in [3.05, 3.63) is 48.0 Å². The lowest BCUT2D eigenvalue weighted by atomic mass is 10.1. The molecule has 19 heavy (non-hydrogen) atoms. The van der Waals surface area contributed by atoms with Crippen molar-refractivity contribution in [2.45, 2.75) is 19.5 Å². The van der Waals surface area contributed by atoms with E-state index >= 15 is 0 Å². The second-order valence-electron chi connectivity index (χ2n) is 4.73. The average Bonchev–Trinajstić information content (AvgIpc) is 2.88. The van der Waals surface area contributed by atoms with Gasteiger partial charge < -0.3 is 15.2 Å². The lowest BCUT2D eigenvalue weighted by Crippen LogP contribution is -2.39. The summed E-state index contributed by atoms with van der Waals surface area (Å²) in [6.07, 6.45) is 4.08. The van der Waals surface area contributed by atoms with Crippen LogP contribution in [0.3, 0.4) is 0 Å². The van der Waals surface area contributed by atoms with Crippen LogP contribution in [-0.4, -0.2) is 26.9 Å². The molecule has 1 amide bonds. The van der Waals surface area contributed by atoms with Crippen molar-refractivity contribution in [1.82, 2.24) is 14.5 Å². The molecular formula is C14H16N4O. The quantitative estimate of drug-likeness (QED) is 0.817. The molecule has 1 aromatic carbocycles. The van der Waals surface area contributed by atoms with E-state index in [0.29, 0.717) is 18.7 Å². The smallest absolute Gasteiger partial charge is 0.227 e. The summed E-state index contributed by atoms with van der Waals surface area (Å²) in [5.41, 5.74) is 7.44. The molecule has 0 saturated carbocycles. The van der Waals surface area contributed by atoms with Gasteiger partial charge in [-0.25, -0.2) is 4.98 Å². The number of rotatable bonds is 2. The van der Waals surface area contributed by atoms with Crippen LogP contribution in [0.5, 0.6) is 0 Å². The Bertz CT molecular complexity index is 605. The number of nitrogens with two attached hydrogens (primary N) is 1. The molecule has 5 nitrogen and oxygen atoms in total. The van der Waals surface area contributed by atoms with Crippen molar-refractivity contribution >= 4 is 11.6 Å². The highest BCUT2D eigenvalue weighted by molar-refractivity contribution is 5.80. The molecule has 98 valence electrons. The fraction of sp³-hybridized carbons (Fsp3) is 0.286. The van der Waals surface area contributed by atoms with Gasteiger partial charge >= 0.3 is 0 Å². The summed E-state index contributed by atoms with van der Waals surface area (Å²) in [5, 5.41) is 0. The Kier molecular flexibility index (Phi) is 2.95. The minimum Gasteiger partial charge on any atom is -0.398 e.